The van der Waals surface area contributed by atoms with Crippen molar-refractivity contribution in [3.63, 3.8) is 0 Å². The third-order valence-corrected chi connectivity index (χ3v) is 4.79. The molecule has 0 spiro atoms. The van der Waals surface area contributed by atoms with Gasteiger partial charge in [-0.05, 0) is 24.1 Å². The normalized spacial score (nSPS) is 19.3. The Morgan fingerprint density at radius 2 is 2.19 bits per heavy atom. The van der Waals surface area contributed by atoms with Gasteiger partial charge in [-0.2, -0.15) is 4.98 Å². The number of aromatic nitrogens is 4. The number of hydrogen-bond acceptors (Lipinski definition) is 6. The largest absolute Gasteiger partial charge is 0.373 e. The lowest BCUT2D eigenvalue weighted by molar-refractivity contribution is 0.0938. The van der Waals surface area contributed by atoms with Gasteiger partial charge in [-0.25, -0.2) is 4.98 Å². The molecule has 8 nitrogen and oxygen atoms in total. The van der Waals surface area contributed by atoms with E-state index in [9.17, 15) is 4.79 Å². The van der Waals surface area contributed by atoms with E-state index in [0.717, 1.165) is 12.0 Å². The second kappa shape index (κ2) is 7.50. The maximum absolute atomic E-state index is 12.1. The van der Waals surface area contributed by atoms with E-state index in [1.807, 2.05) is 24.3 Å². The first kappa shape index (κ1) is 17.7. The molecule has 1 saturated heterocycles. The molecule has 1 aromatic carbocycles. The maximum Gasteiger partial charge on any atom is 0.269 e. The lowest BCUT2D eigenvalue weighted by atomic mass is 10.0. The number of benzene rings is 1. The van der Waals surface area contributed by atoms with Crippen LogP contribution in [0.1, 0.15) is 46.2 Å². The number of imidazole rings is 1. The number of nitrogens with one attached hydrogen (secondary N) is 1. The minimum atomic E-state index is -0.248. The molecule has 4 rings (SSSR count). The third kappa shape index (κ3) is 3.86. The van der Waals surface area contributed by atoms with Crippen molar-refractivity contribution >= 4 is 17.5 Å². The number of rotatable bonds is 5. The average molecular weight is 388 g/mol. The second-order valence-corrected chi connectivity index (χ2v) is 6.86. The molecule has 140 valence electrons. The molecule has 0 saturated carbocycles. The summed E-state index contributed by atoms with van der Waals surface area (Å²) in [5.41, 5.74) is 1.54. The minimum Gasteiger partial charge on any atom is -0.373 e. The number of hydrogen-bond donors (Lipinski definition) is 1. The van der Waals surface area contributed by atoms with Crippen LogP contribution in [-0.4, -0.2) is 32.2 Å². The third-order valence-electron chi connectivity index (χ3n) is 4.54. The molecule has 0 bridgehead atoms. The summed E-state index contributed by atoms with van der Waals surface area (Å²) in [4.78, 5) is 20.4. The molecule has 1 amide bonds. The first-order valence-electron chi connectivity index (χ1n) is 8.54. The Morgan fingerprint density at radius 3 is 2.93 bits per heavy atom. The molecule has 1 N–H and O–H groups in total. The zero-order valence-electron chi connectivity index (χ0n) is 14.6. The molecule has 0 radical (unpaired) electrons. The number of nitrogens with zero attached hydrogens (tertiary/aromatic N) is 4. The van der Waals surface area contributed by atoms with Gasteiger partial charge in [-0.15, -0.1) is 0 Å². The van der Waals surface area contributed by atoms with Crippen molar-refractivity contribution in [2.24, 2.45) is 7.05 Å². The summed E-state index contributed by atoms with van der Waals surface area (Å²) in [7, 11) is 1.75. The highest BCUT2D eigenvalue weighted by atomic mass is 35.5. The van der Waals surface area contributed by atoms with E-state index in [4.69, 9.17) is 20.9 Å². The van der Waals surface area contributed by atoms with Crippen LogP contribution in [0.3, 0.4) is 0 Å². The van der Waals surface area contributed by atoms with Crippen LogP contribution in [0, 0.1) is 0 Å². The molecule has 3 aromatic rings. The summed E-state index contributed by atoms with van der Waals surface area (Å²) in [5.74, 6) is 0.754. The lowest BCUT2D eigenvalue weighted by Gasteiger charge is -2.09. The average Bonchev–Trinajstić information content (AvgIpc) is 3.40. The van der Waals surface area contributed by atoms with Crippen molar-refractivity contribution < 1.29 is 14.1 Å². The predicted molar refractivity (Wildman–Crippen MR) is 96.2 cm³/mol. The molecular weight excluding hydrogens is 370 g/mol. The quantitative estimate of drug-likeness (QED) is 0.723. The topological polar surface area (TPSA) is 95.1 Å². The van der Waals surface area contributed by atoms with Gasteiger partial charge in [-0.3, -0.25) is 4.79 Å². The zero-order valence-corrected chi connectivity index (χ0v) is 15.4. The van der Waals surface area contributed by atoms with E-state index in [1.165, 1.54) is 6.20 Å². The molecule has 9 heteroatoms. The van der Waals surface area contributed by atoms with Crippen LogP contribution in [0.4, 0.5) is 0 Å². The number of amides is 1. The Hall–Kier alpha value is -2.71. The summed E-state index contributed by atoms with van der Waals surface area (Å²) in [5, 5.41) is 7.49. The number of halogens is 1. The van der Waals surface area contributed by atoms with Crippen molar-refractivity contribution in [1.82, 2.24) is 25.0 Å². The Labute approximate surface area is 160 Å². The molecule has 2 atom stereocenters. The molecule has 1 aliphatic rings. The highest BCUT2D eigenvalue weighted by Crippen LogP contribution is 2.37. The predicted octanol–water partition coefficient (Wildman–Crippen LogP) is 2.63. The summed E-state index contributed by atoms with van der Waals surface area (Å²) < 4.78 is 12.8. The van der Waals surface area contributed by atoms with Gasteiger partial charge in [0.2, 0.25) is 5.89 Å². The summed E-state index contributed by atoms with van der Waals surface area (Å²) in [6, 6.07) is 7.63. The number of ether oxygens (including phenoxy) is 1. The SMILES string of the molecule is Cn1cncc1C(=O)NCc1nc(C2COC(c3ccc(Cl)cc3)C2)no1. The van der Waals surface area contributed by atoms with Gasteiger partial charge >= 0.3 is 0 Å². The van der Waals surface area contributed by atoms with Gasteiger partial charge in [0.25, 0.3) is 5.91 Å². The summed E-state index contributed by atoms with van der Waals surface area (Å²) in [6.45, 7) is 0.679. The van der Waals surface area contributed by atoms with E-state index < -0.39 is 0 Å². The van der Waals surface area contributed by atoms with Crippen molar-refractivity contribution in [2.45, 2.75) is 25.0 Å². The summed E-state index contributed by atoms with van der Waals surface area (Å²) in [6.07, 6.45) is 3.82. The van der Waals surface area contributed by atoms with Gasteiger partial charge in [0, 0.05) is 18.0 Å². The first-order valence-corrected chi connectivity index (χ1v) is 8.92. The Morgan fingerprint density at radius 1 is 1.37 bits per heavy atom. The van der Waals surface area contributed by atoms with Crippen LogP contribution in [0.15, 0.2) is 41.3 Å². The van der Waals surface area contributed by atoms with Crippen molar-refractivity contribution in [2.75, 3.05) is 6.61 Å². The molecule has 1 fully saturated rings. The molecule has 1 aliphatic heterocycles. The fourth-order valence-electron chi connectivity index (χ4n) is 3.04. The van der Waals surface area contributed by atoms with E-state index >= 15 is 0 Å². The monoisotopic (exact) mass is 387 g/mol. The van der Waals surface area contributed by atoms with Gasteiger partial charge in [0.05, 0.1) is 31.8 Å². The van der Waals surface area contributed by atoms with Crippen LogP contribution >= 0.6 is 11.6 Å². The highest BCUT2D eigenvalue weighted by Gasteiger charge is 2.31. The first-order chi connectivity index (χ1) is 13.1. The van der Waals surface area contributed by atoms with Crippen molar-refractivity contribution in [3.05, 3.63) is 64.8 Å². The van der Waals surface area contributed by atoms with Crippen LogP contribution in [0.2, 0.25) is 5.02 Å². The number of aryl methyl sites for hydroxylation is 1. The van der Waals surface area contributed by atoms with E-state index in [-0.39, 0.29) is 24.5 Å². The summed E-state index contributed by atoms with van der Waals surface area (Å²) >= 11 is 5.93. The lowest BCUT2D eigenvalue weighted by Crippen LogP contribution is -2.24. The van der Waals surface area contributed by atoms with Crippen LogP contribution < -0.4 is 5.32 Å². The second-order valence-electron chi connectivity index (χ2n) is 6.42. The van der Waals surface area contributed by atoms with Crippen molar-refractivity contribution in [3.8, 4) is 0 Å². The Balaban J connectivity index is 1.35. The fourth-order valence-corrected chi connectivity index (χ4v) is 3.17. The standard InChI is InChI=1S/C18H18ClN5O3/c1-24-10-20-7-14(24)18(25)21-8-16-22-17(23-27-16)12-6-15(26-9-12)11-2-4-13(19)5-3-11/h2-5,7,10,12,15H,6,8-9H2,1H3,(H,21,25). The van der Waals surface area contributed by atoms with Gasteiger partial charge < -0.3 is 19.1 Å². The van der Waals surface area contributed by atoms with Crippen LogP contribution in [-0.2, 0) is 18.3 Å². The van der Waals surface area contributed by atoms with E-state index in [2.05, 4.69) is 20.4 Å². The molecule has 3 heterocycles. The molecule has 0 aliphatic carbocycles. The Bertz CT molecular complexity index is 937. The fraction of sp³-hybridized carbons (Fsp3) is 0.333. The molecule has 2 unspecified atom stereocenters. The smallest absolute Gasteiger partial charge is 0.269 e. The maximum atomic E-state index is 12.1. The van der Waals surface area contributed by atoms with Crippen LogP contribution in [0.25, 0.3) is 0 Å². The Kier molecular flexibility index (Phi) is 4.91. The number of carbonyl (C=O) groups excluding carboxylic acids is 1. The molecule has 2 aromatic heterocycles. The van der Waals surface area contributed by atoms with Gasteiger partial charge in [-0.1, -0.05) is 28.9 Å². The van der Waals surface area contributed by atoms with E-state index in [0.29, 0.717) is 29.0 Å². The van der Waals surface area contributed by atoms with E-state index in [1.54, 1.807) is 17.9 Å². The minimum absolute atomic E-state index is 0.0150. The van der Waals surface area contributed by atoms with Crippen molar-refractivity contribution in [1.29, 1.82) is 0 Å². The zero-order chi connectivity index (χ0) is 18.8. The molecule has 27 heavy (non-hydrogen) atoms. The molecular formula is C18H18ClN5O3. The number of carbonyl (C=O) groups is 1. The van der Waals surface area contributed by atoms with Gasteiger partial charge in [0.15, 0.2) is 5.82 Å². The van der Waals surface area contributed by atoms with Crippen LogP contribution in [0.5, 0.6) is 0 Å². The van der Waals surface area contributed by atoms with Gasteiger partial charge in [0.1, 0.15) is 5.69 Å². The highest BCUT2D eigenvalue weighted by molar-refractivity contribution is 6.30.